The summed E-state index contributed by atoms with van der Waals surface area (Å²) in [4.78, 5) is 4.35. The van der Waals surface area contributed by atoms with E-state index in [0.29, 0.717) is 5.92 Å². The number of nitrogens with one attached hydrogen (secondary N) is 1. The molecule has 19 heavy (non-hydrogen) atoms. The van der Waals surface area contributed by atoms with E-state index in [1.807, 2.05) is 4.68 Å². The topological polar surface area (TPSA) is 42.7 Å². The molecule has 102 valence electrons. The summed E-state index contributed by atoms with van der Waals surface area (Å²) in [5.41, 5.74) is 3.55. The molecule has 1 aromatic carbocycles. The lowest BCUT2D eigenvalue weighted by molar-refractivity contribution is 0.537. The SMILES string of the molecule is Cc1ccc(C)c(-n2ncnc2CNCC(C)C)c1. The van der Waals surface area contributed by atoms with Crippen LogP contribution < -0.4 is 5.32 Å². The third kappa shape index (κ3) is 3.41. The number of aromatic nitrogens is 3. The number of benzene rings is 1. The van der Waals surface area contributed by atoms with Gasteiger partial charge in [-0.05, 0) is 43.5 Å². The highest BCUT2D eigenvalue weighted by Gasteiger charge is 2.09. The van der Waals surface area contributed by atoms with Crippen molar-refractivity contribution < 1.29 is 0 Å². The summed E-state index contributed by atoms with van der Waals surface area (Å²) in [7, 11) is 0. The van der Waals surface area contributed by atoms with Crippen LogP contribution >= 0.6 is 0 Å². The van der Waals surface area contributed by atoms with Crippen molar-refractivity contribution in [3.63, 3.8) is 0 Å². The maximum absolute atomic E-state index is 4.35. The summed E-state index contributed by atoms with van der Waals surface area (Å²) < 4.78 is 1.93. The van der Waals surface area contributed by atoms with Crippen molar-refractivity contribution >= 4 is 0 Å². The molecule has 0 bridgehead atoms. The Morgan fingerprint density at radius 3 is 2.79 bits per heavy atom. The zero-order valence-corrected chi connectivity index (χ0v) is 12.1. The Kier molecular flexibility index (Phi) is 4.32. The first-order chi connectivity index (χ1) is 9.08. The minimum absolute atomic E-state index is 0.636. The van der Waals surface area contributed by atoms with E-state index >= 15 is 0 Å². The largest absolute Gasteiger partial charge is 0.310 e. The number of nitrogens with zero attached hydrogens (tertiary/aromatic N) is 3. The third-order valence-corrected chi connectivity index (χ3v) is 3.05. The maximum atomic E-state index is 4.35. The highest BCUT2D eigenvalue weighted by Crippen LogP contribution is 2.16. The molecule has 0 aliphatic heterocycles. The normalized spacial score (nSPS) is 11.2. The van der Waals surface area contributed by atoms with Gasteiger partial charge in [-0.2, -0.15) is 5.10 Å². The Hall–Kier alpha value is -1.68. The molecule has 0 spiro atoms. The van der Waals surface area contributed by atoms with Crippen molar-refractivity contribution in [2.75, 3.05) is 6.54 Å². The molecular formula is C15H22N4. The van der Waals surface area contributed by atoms with Crippen LogP contribution in [0.1, 0.15) is 30.8 Å². The number of rotatable bonds is 5. The molecule has 0 radical (unpaired) electrons. The summed E-state index contributed by atoms with van der Waals surface area (Å²) in [6, 6.07) is 6.39. The van der Waals surface area contributed by atoms with E-state index in [4.69, 9.17) is 0 Å². The fourth-order valence-corrected chi connectivity index (χ4v) is 2.01. The van der Waals surface area contributed by atoms with Crippen molar-refractivity contribution in [1.82, 2.24) is 20.1 Å². The summed E-state index contributed by atoms with van der Waals surface area (Å²) in [5, 5.41) is 7.76. The molecule has 0 unspecified atom stereocenters. The second-order valence-electron chi connectivity index (χ2n) is 5.40. The van der Waals surface area contributed by atoms with Gasteiger partial charge in [0.15, 0.2) is 0 Å². The van der Waals surface area contributed by atoms with E-state index in [1.54, 1.807) is 6.33 Å². The van der Waals surface area contributed by atoms with Crippen LogP contribution in [0.5, 0.6) is 0 Å². The Morgan fingerprint density at radius 1 is 1.26 bits per heavy atom. The minimum Gasteiger partial charge on any atom is -0.310 e. The van der Waals surface area contributed by atoms with E-state index in [1.165, 1.54) is 11.1 Å². The van der Waals surface area contributed by atoms with Gasteiger partial charge in [0.1, 0.15) is 12.2 Å². The lowest BCUT2D eigenvalue weighted by Gasteiger charge is -2.11. The highest BCUT2D eigenvalue weighted by molar-refractivity contribution is 5.42. The van der Waals surface area contributed by atoms with Gasteiger partial charge < -0.3 is 5.32 Å². The van der Waals surface area contributed by atoms with E-state index in [2.05, 4.69) is 61.3 Å². The van der Waals surface area contributed by atoms with Crippen molar-refractivity contribution in [3.8, 4) is 5.69 Å². The average Bonchev–Trinajstić information content (AvgIpc) is 2.80. The lowest BCUT2D eigenvalue weighted by Crippen LogP contribution is -2.21. The second-order valence-corrected chi connectivity index (χ2v) is 5.40. The smallest absolute Gasteiger partial charge is 0.146 e. The molecular weight excluding hydrogens is 236 g/mol. The molecule has 0 aliphatic carbocycles. The first kappa shape index (κ1) is 13.7. The van der Waals surface area contributed by atoms with Crippen molar-refractivity contribution in [3.05, 3.63) is 41.5 Å². The number of hydrogen-bond acceptors (Lipinski definition) is 3. The monoisotopic (exact) mass is 258 g/mol. The molecule has 0 fully saturated rings. The summed E-state index contributed by atoms with van der Waals surface area (Å²) in [6.45, 7) is 10.3. The van der Waals surface area contributed by atoms with Crippen LogP contribution in [0.2, 0.25) is 0 Å². The Bertz CT molecular complexity index is 543. The number of hydrogen-bond donors (Lipinski definition) is 1. The molecule has 0 saturated heterocycles. The molecule has 2 rings (SSSR count). The van der Waals surface area contributed by atoms with E-state index in [0.717, 1.165) is 24.6 Å². The zero-order valence-electron chi connectivity index (χ0n) is 12.1. The average molecular weight is 258 g/mol. The van der Waals surface area contributed by atoms with Gasteiger partial charge in [0.25, 0.3) is 0 Å². The molecule has 1 heterocycles. The molecule has 1 aromatic heterocycles. The predicted octanol–water partition coefficient (Wildman–Crippen LogP) is 2.63. The molecule has 4 heteroatoms. The fraction of sp³-hybridized carbons (Fsp3) is 0.467. The van der Waals surface area contributed by atoms with E-state index in [-0.39, 0.29) is 0 Å². The van der Waals surface area contributed by atoms with Gasteiger partial charge in [-0.1, -0.05) is 26.0 Å². The zero-order chi connectivity index (χ0) is 13.8. The van der Waals surface area contributed by atoms with Crippen LogP contribution in [0.15, 0.2) is 24.5 Å². The Labute approximate surface area is 114 Å². The van der Waals surface area contributed by atoms with Crippen molar-refractivity contribution in [2.45, 2.75) is 34.2 Å². The maximum Gasteiger partial charge on any atom is 0.146 e. The fourth-order valence-electron chi connectivity index (χ4n) is 2.01. The highest BCUT2D eigenvalue weighted by atomic mass is 15.3. The van der Waals surface area contributed by atoms with E-state index < -0.39 is 0 Å². The molecule has 0 aliphatic rings. The van der Waals surface area contributed by atoms with Crippen molar-refractivity contribution in [2.24, 2.45) is 5.92 Å². The van der Waals surface area contributed by atoms with Gasteiger partial charge in [-0.25, -0.2) is 9.67 Å². The minimum atomic E-state index is 0.636. The standard InChI is InChI=1S/C15H22N4/c1-11(2)8-16-9-15-17-10-18-19(15)14-7-12(3)5-6-13(14)4/h5-7,10-11,16H,8-9H2,1-4H3. The second kappa shape index (κ2) is 5.97. The van der Waals surface area contributed by atoms with Crippen molar-refractivity contribution in [1.29, 1.82) is 0 Å². The third-order valence-electron chi connectivity index (χ3n) is 3.05. The summed E-state index contributed by atoms with van der Waals surface area (Å²) in [5.74, 6) is 1.59. The first-order valence-electron chi connectivity index (χ1n) is 6.75. The van der Waals surface area contributed by atoms with Crippen LogP contribution in [-0.4, -0.2) is 21.3 Å². The molecule has 2 aromatic rings. The van der Waals surface area contributed by atoms with Gasteiger partial charge >= 0.3 is 0 Å². The van der Waals surface area contributed by atoms with Gasteiger partial charge in [-0.3, -0.25) is 0 Å². The van der Waals surface area contributed by atoms with Crippen LogP contribution in [0, 0.1) is 19.8 Å². The summed E-state index contributed by atoms with van der Waals surface area (Å²) >= 11 is 0. The van der Waals surface area contributed by atoms with Gasteiger partial charge in [0.2, 0.25) is 0 Å². The van der Waals surface area contributed by atoms with Gasteiger partial charge in [0.05, 0.1) is 12.2 Å². The molecule has 1 N–H and O–H groups in total. The van der Waals surface area contributed by atoms with Gasteiger partial charge in [0, 0.05) is 0 Å². The number of aryl methyl sites for hydroxylation is 2. The molecule has 4 nitrogen and oxygen atoms in total. The van der Waals surface area contributed by atoms with Crippen LogP contribution in [0.25, 0.3) is 5.69 Å². The van der Waals surface area contributed by atoms with E-state index in [9.17, 15) is 0 Å². The molecule has 0 atom stereocenters. The summed E-state index contributed by atoms with van der Waals surface area (Å²) in [6.07, 6.45) is 1.62. The van der Waals surface area contributed by atoms with Crippen LogP contribution in [-0.2, 0) is 6.54 Å². The quantitative estimate of drug-likeness (QED) is 0.896. The lowest BCUT2D eigenvalue weighted by atomic mass is 10.1. The Balaban J connectivity index is 2.21. The van der Waals surface area contributed by atoms with Crippen LogP contribution in [0.3, 0.4) is 0 Å². The predicted molar refractivity (Wildman–Crippen MR) is 77.4 cm³/mol. The van der Waals surface area contributed by atoms with Gasteiger partial charge in [-0.15, -0.1) is 0 Å². The first-order valence-corrected chi connectivity index (χ1v) is 6.75. The molecule has 0 saturated carbocycles. The molecule has 0 amide bonds. The Morgan fingerprint density at radius 2 is 2.05 bits per heavy atom. The van der Waals surface area contributed by atoms with Crippen LogP contribution in [0.4, 0.5) is 0 Å².